The number of rotatable bonds is 9. The number of aromatic nitrogens is 3. The molecule has 1 aliphatic rings. The maximum absolute atomic E-state index is 13.4. The molecule has 2 N–H and O–H groups in total. The standard InChI is InChI=1S/C21H23FN4O3.C2H7N/c1-3-17(10-7-14(2)12-27)26-19(13-29-18-6-4-5-15(22)11-18)20(24-25-26)21(28)23-16-8-9-16;1-3-2/h3-7,10-12,14,16H,8-9,13H2,1-2H3,(H,23,28);3H,1-2H3/b10-7-,17-3+;. The van der Waals surface area contributed by atoms with Gasteiger partial charge < -0.3 is 20.2 Å². The van der Waals surface area contributed by atoms with Gasteiger partial charge in [-0.2, -0.15) is 0 Å². The number of ether oxygens (including phenoxy) is 1. The van der Waals surface area contributed by atoms with E-state index >= 15 is 0 Å². The van der Waals surface area contributed by atoms with E-state index < -0.39 is 5.82 Å². The Morgan fingerprint density at radius 1 is 1.38 bits per heavy atom. The van der Waals surface area contributed by atoms with Crippen LogP contribution in [0.2, 0.25) is 0 Å². The second-order valence-corrected chi connectivity index (χ2v) is 7.36. The molecule has 1 aromatic carbocycles. The van der Waals surface area contributed by atoms with Crippen LogP contribution in [0.25, 0.3) is 5.70 Å². The molecule has 1 amide bonds. The van der Waals surface area contributed by atoms with E-state index in [1.807, 2.05) is 21.0 Å². The zero-order valence-electron chi connectivity index (χ0n) is 18.8. The number of nitrogens with one attached hydrogen (secondary N) is 2. The summed E-state index contributed by atoms with van der Waals surface area (Å²) in [6, 6.07) is 5.93. The number of hydrogen-bond donors (Lipinski definition) is 2. The summed E-state index contributed by atoms with van der Waals surface area (Å²) in [6.45, 7) is 3.55. The van der Waals surface area contributed by atoms with E-state index in [9.17, 15) is 14.0 Å². The Bertz CT molecular complexity index is 966. The summed E-state index contributed by atoms with van der Waals surface area (Å²) in [5.41, 5.74) is 1.22. The third kappa shape index (κ3) is 7.42. The van der Waals surface area contributed by atoms with E-state index in [-0.39, 0.29) is 30.2 Å². The number of aldehydes is 1. The Balaban J connectivity index is 0.00000114. The molecule has 1 saturated carbocycles. The first kappa shape index (κ1) is 24.9. The van der Waals surface area contributed by atoms with Crippen LogP contribution in [-0.4, -0.2) is 47.3 Å². The highest BCUT2D eigenvalue weighted by atomic mass is 19.1. The smallest absolute Gasteiger partial charge is 0.274 e. The zero-order valence-corrected chi connectivity index (χ0v) is 18.8. The van der Waals surface area contributed by atoms with Crippen LogP contribution in [0.5, 0.6) is 5.75 Å². The molecule has 1 unspecified atom stereocenters. The minimum absolute atomic E-state index is 0.0295. The van der Waals surface area contributed by atoms with E-state index in [1.165, 1.54) is 16.8 Å². The molecule has 32 heavy (non-hydrogen) atoms. The Labute approximate surface area is 187 Å². The van der Waals surface area contributed by atoms with Crippen molar-refractivity contribution in [1.29, 1.82) is 0 Å². The zero-order chi connectivity index (χ0) is 23.5. The summed E-state index contributed by atoms with van der Waals surface area (Å²) in [5, 5.41) is 13.8. The molecule has 172 valence electrons. The minimum Gasteiger partial charge on any atom is -0.487 e. The van der Waals surface area contributed by atoms with E-state index in [0.717, 1.165) is 19.1 Å². The number of carbonyl (C=O) groups is 2. The molecular weight excluding hydrogens is 413 g/mol. The second kappa shape index (κ2) is 12.5. The normalized spacial score (nSPS) is 14.5. The molecule has 1 atom stereocenters. The molecule has 3 rings (SSSR count). The molecule has 9 heteroatoms. The van der Waals surface area contributed by atoms with Crippen molar-refractivity contribution in [3.63, 3.8) is 0 Å². The van der Waals surface area contributed by atoms with Crippen LogP contribution >= 0.6 is 0 Å². The SMILES string of the molecule is C/C=C(\C=C/C(C)C=O)n1nnc(C(=O)NC2CC2)c1COc1cccc(F)c1.CNC. The first-order valence-electron chi connectivity index (χ1n) is 10.5. The van der Waals surface area contributed by atoms with Crippen LogP contribution in [0.4, 0.5) is 4.39 Å². The average Bonchev–Trinajstić information content (AvgIpc) is 3.49. The fraction of sp³-hybridized carbons (Fsp3) is 0.391. The van der Waals surface area contributed by atoms with Gasteiger partial charge >= 0.3 is 0 Å². The Hall–Kier alpha value is -3.33. The number of carbonyl (C=O) groups excluding carboxylic acids is 2. The third-order valence-corrected chi connectivity index (χ3v) is 4.39. The monoisotopic (exact) mass is 443 g/mol. The molecule has 1 aliphatic carbocycles. The molecule has 0 aliphatic heterocycles. The summed E-state index contributed by atoms with van der Waals surface area (Å²) in [6.07, 6.45) is 7.97. The lowest BCUT2D eigenvalue weighted by atomic mass is 10.2. The summed E-state index contributed by atoms with van der Waals surface area (Å²) in [7, 11) is 3.75. The fourth-order valence-electron chi connectivity index (χ4n) is 2.59. The van der Waals surface area contributed by atoms with Crippen molar-refractivity contribution in [3.8, 4) is 5.75 Å². The van der Waals surface area contributed by atoms with Crippen LogP contribution in [0, 0.1) is 11.7 Å². The van der Waals surface area contributed by atoms with Crippen LogP contribution in [-0.2, 0) is 11.4 Å². The second-order valence-electron chi connectivity index (χ2n) is 7.36. The van der Waals surface area contributed by atoms with Crippen LogP contribution in [0.3, 0.4) is 0 Å². The first-order valence-corrected chi connectivity index (χ1v) is 10.5. The molecular formula is C23H30FN5O3. The number of nitrogens with zero attached hydrogens (tertiary/aromatic N) is 3. The molecule has 1 fully saturated rings. The lowest BCUT2D eigenvalue weighted by Gasteiger charge is -2.11. The van der Waals surface area contributed by atoms with Crippen molar-refractivity contribution in [2.24, 2.45) is 5.92 Å². The van der Waals surface area contributed by atoms with Gasteiger partial charge in [0.1, 0.15) is 30.2 Å². The van der Waals surface area contributed by atoms with Crippen molar-refractivity contribution in [1.82, 2.24) is 25.6 Å². The van der Waals surface area contributed by atoms with E-state index in [0.29, 0.717) is 17.1 Å². The van der Waals surface area contributed by atoms with Crippen LogP contribution < -0.4 is 15.4 Å². The number of amides is 1. The largest absolute Gasteiger partial charge is 0.487 e. The van der Waals surface area contributed by atoms with Gasteiger partial charge in [-0.25, -0.2) is 9.07 Å². The molecule has 1 heterocycles. The van der Waals surface area contributed by atoms with Crippen molar-refractivity contribution in [2.75, 3.05) is 14.1 Å². The van der Waals surface area contributed by atoms with Gasteiger partial charge in [-0.1, -0.05) is 30.4 Å². The van der Waals surface area contributed by atoms with Gasteiger partial charge in [-0.05, 0) is 52.1 Å². The van der Waals surface area contributed by atoms with Crippen molar-refractivity contribution in [2.45, 2.75) is 39.3 Å². The third-order valence-electron chi connectivity index (χ3n) is 4.39. The predicted molar refractivity (Wildman–Crippen MR) is 121 cm³/mol. The number of allylic oxidation sites excluding steroid dienone is 4. The van der Waals surface area contributed by atoms with Gasteiger partial charge in [-0.3, -0.25) is 4.79 Å². The minimum atomic E-state index is -0.416. The van der Waals surface area contributed by atoms with E-state index in [4.69, 9.17) is 4.74 Å². The van der Waals surface area contributed by atoms with Crippen molar-refractivity contribution in [3.05, 3.63) is 59.7 Å². The van der Waals surface area contributed by atoms with Gasteiger partial charge in [0.05, 0.1) is 5.70 Å². The summed E-state index contributed by atoms with van der Waals surface area (Å²) < 4.78 is 20.6. The number of hydrogen-bond acceptors (Lipinski definition) is 6. The molecule has 8 nitrogen and oxygen atoms in total. The van der Waals surface area contributed by atoms with Crippen molar-refractivity contribution < 1.29 is 18.7 Å². The fourth-order valence-corrected chi connectivity index (χ4v) is 2.59. The lowest BCUT2D eigenvalue weighted by molar-refractivity contribution is -0.109. The molecule has 0 spiro atoms. The van der Waals surface area contributed by atoms with Crippen molar-refractivity contribution >= 4 is 17.9 Å². The van der Waals surface area contributed by atoms with Gasteiger partial charge in [-0.15, -0.1) is 5.10 Å². The lowest BCUT2D eigenvalue weighted by Crippen LogP contribution is -2.27. The number of benzene rings is 1. The molecule has 0 bridgehead atoms. The summed E-state index contributed by atoms with van der Waals surface area (Å²) in [5.74, 6) is -0.672. The van der Waals surface area contributed by atoms with Crippen LogP contribution in [0.1, 0.15) is 42.9 Å². The topological polar surface area (TPSA) is 98.1 Å². The van der Waals surface area contributed by atoms with Gasteiger partial charge in [0.2, 0.25) is 0 Å². The highest BCUT2D eigenvalue weighted by Crippen LogP contribution is 2.22. The first-order chi connectivity index (χ1) is 15.4. The van der Waals surface area contributed by atoms with Gasteiger partial charge in [0.25, 0.3) is 5.91 Å². The average molecular weight is 444 g/mol. The Morgan fingerprint density at radius 2 is 2.09 bits per heavy atom. The Kier molecular flexibility index (Phi) is 9.75. The van der Waals surface area contributed by atoms with Gasteiger partial charge in [0.15, 0.2) is 5.69 Å². The molecule has 0 radical (unpaired) electrons. The quantitative estimate of drug-likeness (QED) is 0.457. The van der Waals surface area contributed by atoms with Crippen LogP contribution in [0.15, 0.2) is 42.5 Å². The molecule has 0 saturated heterocycles. The maximum Gasteiger partial charge on any atom is 0.274 e. The molecule has 2 aromatic rings. The summed E-state index contributed by atoms with van der Waals surface area (Å²) >= 11 is 0. The predicted octanol–water partition coefficient (Wildman–Crippen LogP) is 2.98. The Morgan fingerprint density at radius 3 is 2.69 bits per heavy atom. The van der Waals surface area contributed by atoms with E-state index in [1.54, 1.807) is 37.3 Å². The van der Waals surface area contributed by atoms with Gasteiger partial charge in [0, 0.05) is 18.0 Å². The maximum atomic E-state index is 13.4. The highest BCUT2D eigenvalue weighted by molar-refractivity contribution is 5.94. The van der Waals surface area contributed by atoms with E-state index in [2.05, 4.69) is 20.9 Å². The molecule has 1 aromatic heterocycles. The summed E-state index contributed by atoms with van der Waals surface area (Å²) in [4.78, 5) is 23.5. The number of halogens is 1. The highest BCUT2D eigenvalue weighted by Gasteiger charge is 2.28.